The normalized spacial score (nSPS) is 30.0. The van der Waals surface area contributed by atoms with Crippen LogP contribution < -0.4 is 52.4 Å². The summed E-state index contributed by atoms with van der Waals surface area (Å²) >= 11 is 0. The lowest BCUT2D eigenvalue weighted by Crippen LogP contribution is -2.92. The minimum atomic E-state index is -5.21. The van der Waals surface area contributed by atoms with E-state index < -0.39 is 84.7 Å². The van der Waals surface area contributed by atoms with Gasteiger partial charge in [0.15, 0.2) is 0 Å². The minimum absolute atomic E-state index is 0.471. The van der Waals surface area contributed by atoms with Gasteiger partial charge in [-0.3, -0.25) is 0 Å². The number of rotatable bonds is 10. The second-order valence-corrected chi connectivity index (χ2v) is 43.0. The SMILES string of the molecule is c1ccc(B2O[Si]3(c4ccccc4)O[Si]4(c5ccccc5)O[Si]5(c6ccccc6)OB(c6ccccc6)O[Si]6(c7ccccc7)O[Si](c7ccccc7)(O[Si](c7ccccc7)(O2)O[Si](c2ccccc2)(O6)O[Si](c2ccccc2)(O3)O5)O4)cc1. The Kier molecular flexibility index (Phi) is 14.0. The van der Waals surface area contributed by atoms with Crippen LogP contribution in [0.4, 0.5) is 0 Å². The first-order chi connectivity index (χ1) is 41.3. The molecule has 0 aliphatic carbocycles. The Labute approximate surface area is 495 Å². The van der Waals surface area contributed by atoms with Gasteiger partial charge < -0.3 is 58.5 Å². The highest BCUT2D eigenvalue weighted by Gasteiger charge is 2.82. The van der Waals surface area contributed by atoms with Crippen LogP contribution in [0.3, 0.4) is 0 Å². The highest BCUT2D eigenvalue weighted by Crippen LogP contribution is 2.45. The van der Waals surface area contributed by atoms with Crippen LogP contribution in [0.1, 0.15) is 0 Å². The molecule has 0 N–H and O–H groups in total. The molecular formula is C60H50B2O14Si8. The summed E-state index contributed by atoms with van der Waals surface area (Å²) in [7, 11) is -43.9. The van der Waals surface area contributed by atoms with Crippen LogP contribution in [-0.4, -0.2) is 84.7 Å². The molecule has 0 aromatic heterocycles. The van der Waals surface area contributed by atoms with Crippen molar-refractivity contribution in [1.29, 1.82) is 0 Å². The molecule has 10 aromatic rings. The molecule has 6 fully saturated rings. The molecule has 0 amide bonds. The van der Waals surface area contributed by atoms with E-state index >= 15 is 0 Å². The number of fused-ring (bicyclic) bond motifs is 4. The average molecular weight is 1240 g/mol. The monoisotopic (exact) mass is 1240 g/mol. The van der Waals surface area contributed by atoms with E-state index in [4.69, 9.17) is 58.5 Å². The van der Waals surface area contributed by atoms with E-state index in [0.717, 1.165) is 0 Å². The second kappa shape index (κ2) is 21.8. The quantitative estimate of drug-likeness (QED) is 0.184. The van der Waals surface area contributed by atoms with E-state index in [9.17, 15) is 0 Å². The van der Waals surface area contributed by atoms with Crippen molar-refractivity contribution >= 4 is 137 Å². The van der Waals surface area contributed by atoms with Gasteiger partial charge in [0.1, 0.15) is 0 Å². The lowest BCUT2D eigenvalue weighted by molar-refractivity contribution is 0.0310. The maximum atomic E-state index is 8.50. The zero-order valence-corrected chi connectivity index (χ0v) is 52.7. The third-order valence-electron chi connectivity index (χ3n) is 14.9. The largest absolute Gasteiger partial charge is 0.515 e. The molecule has 0 radical (unpaired) electrons. The third-order valence-corrected chi connectivity index (χ3v) is 46.8. The molecule has 16 rings (SSSR count). The summed E-state index contributed by atoms with van der Waals surface area (Å²) in [5.41, 5.74) is 1.16. The van der Waals surface area contributed by atoms with Crippen molar-refractivity contribution in [1.82, 2.24) is 0 Å². The van der Waals surface area contributed by atoms with E-state index in [1.807, 2.05) is 303 Å². The Bertz CT molecular complexity index is 3390. The summed E-state index contributed by atoms with van der Waals surface area (Å²) in [4.78, 5) is 0. The van der Waals surface area contributed by atoms with Crippen LogP contribution in [0.2, 0.25) is 0 Å². The predicted molar refractivity (Wildman–Crippen MR) is 333 cm³/mol. The van der Waals surface area contributed by atoms with Crippen LogP contribution in [0.25, 0.3) is 0 Å². The molecule has 6 saturated heterocycles. The van der Waals surface area contributed by atoms with Crippen LogP contribution in [0.15, 0.2) is 303 Å². The van der Waals surface area contributed by atoms with E-state index in [-0.39, 0.29) is 0 Å². The van der Waals surface area contributed by atoms with E-state index in [2.05, 4.69) is 0 Å². The van der Waals surface area contributed by atoms with Gasteiger partial charge in [-0.25, -0.2) is 0 Å². The smallest absolute Gasteiger partial charge is 0.405 e. The Hall–Kier alpha value is -6.50. The fraction of sp³-hybridized carbons (Fsp3) is 0. The van der Waals surface area contributed by atoms with Crippen molar-refractivity contribution in [3.8, 4) is 0 Å². The summed E-state index contributed by atoms with van der Waals surface area (Å²) in [6, 6.07) is 96.0. The molecule has 6 aliphatic heterocycles. The van der Waals surface area contributed by atoms with Gasteiger partial charge in [0.25, 0.3) is 0 Å². The van der Waals surface area contributed by atoms with Gasteiger partial charge in [0.05, 0.1) is 0 Å². The fourth-order valence-electron chi connectivity index (χ4n) is 11.0. The van der Waals surface area contributed by atoms with Crippen LogP contribution >= 0.6 is 0 Å². The number of hydrogen-bond acceptors (Lipinski definition) is 14. The summed E-state index contributed by atoms with van der Waals surface area (Å²) < 4.78 is 117. The van der Waals surface area contributed by atoms with Crippen LogP contribution in [0, 0.1) is 0 Å². The standard InChI is InChI=1S/C60H50B2O14Si8/c1-11-31-51(32-12-1)61-63-77(53-35-15-3-16-36-53)67-81(57-43-23-7-24-44-57)71-79(55-39-19-5-20-40-55)65-62(52-33-13-2-14-34-52)66-80(56-41-21-6-22-42-56)73-83(75-81,59-47-27-9-28-48-59)69-78(64-61,54-37-17-4-18-38-54)70-84(74-80,60-49-29-10-30-50-60)76-82(68-77,72-79)58-45-25-8-26-46-58/h1-50H. The molecule has 8 bridgehead atoms. The van der Waals surface area contributed by atoms with Gasteiger partial charge in [-0.15, -0.1) is 0 Å². The molecule has 6 heterocycles. The first-order valence-electron chi connectivity index (χ1n) is 27.5. The molecule has 0 atom stereocenters. The zero-order valence-electron chi connectivity index (χ0n) is 44.7. The van der Waals surface area contributed by atoms with Gasteiger partial charge >= 0.3 is 84.7 Å². The summed E-state index contributed by atoms with van der Waals surface area (Å²) in [6.45, 7) is 0. The van der Waals surface area contributed by atoms with Crippen molar-refractivity contribution < 1.29 is 58.5 Å². The highest BCUT2D eigenvalue weighted by molar-refractivity contribution is 7.12. The molecule has 0 saturated carbocycles. The molecule has 0 unspecified atom stereocenters. The Morgan fingerprint density at radius 1 is 0.155 bits per heavy atom. The number of benzene rings is 10. The molecule has 0 spiro atoms. The van der Waals surface area contributed by atoms with Gasteiger partial charge in [-0.1, -0.05) is 303 Å². The summed E-state index contributed by atoms with van der Waals surface area (Å²) in [6.07, 6.45) is 0. The molecule has 84 heavy (non-hydrogen) atoms. The van der Waals surface area contributed by atoms with Gasteiger partial charge in [0, 0.05) is 41.5 Å². The van der Waals surface area contributed by atoms with Crippen molar-refractivity contribution in [3.63, 3.8) is 0 Å². The van der Waals surface area contributed by atoms with Gasteiger partial charge in [-0.2, -0.15) is 0 Å². The van der Waals surface area contributed by atoms with E-state index in [0.29, 0.717) is 52.4 Å². The van der Waals surface area contributed by atoms with E-state index in [1.165, 1.54) is 0 Å². The summed E-state index contributed by atoms with van der Waals surface area (Å²) in [5, 5.41) is 3.89. The number of hydrogen-bond donors (Lipinski definition) is 0. The highest BCUT2D eigenvalue weighted by atomic mass is 28.6. The third kappa shape index (κ3) is 9.55. The van der Waals surface area contributed by atoms with Crippen molar-refractivity contribution in [2.45, 2.75) is 0 Å². The summed E-state index contributed by atoms with van der Waals surface area (Å²) in [5.74, 6) is 0. The Morgan fingerprint density at radius 3 is 0.452 bits per heavy atom. The molecule has 6 aliphatic rings. The van der Waals surface area contributed by atoms with E-state index in [1.54, 1.807) is 0 Å². The second-order valence-electron chi connectivity index (χ2n) is 20.4. The van der Waals surface area contributed by atoms with Gasteiger partial charge in [-0.05, 0) is 10.9 Å². The van der Waals surface area contributed by atoms with Crippen LogP contribution in [-0.2, 0) is 58.5 Å². The first kappa shape index (κ1) is 54.2. The molecule has 412 valence electrons. The molecular weight excluding hydrogens is 1190 g/mol. The zero-order chi connectivity index (χ0) is 56.2. The van der Waals surface area contributed by atoms with Crippen molar-refractivity contribution in [3.05, 3.63) is 303 Å². The molecule has 14 nitrogen and oxygen atoms in total. The maximum Gasteiger partial charge on any atom is 0.515 e. The van der Waals surface area contributed by atoms with Gasteiger partial charge in [0.2, 0.25) is 0 Å². The lowest BCUT2D eigenvalue weighted by Gasteiger charge is -2.59. The minimum Gasteiger partial charge on any atom is -0.405 e. The van der Waals surface area contributed by atoms with Crippen molar-refractivity contribution in [2.24, 2.45) is 0 Å². The maximum absolute atomic E-state index is 8.50. The Morgan fingerprint density at radius 2 is 0.286 bits per heavy atom. The first-order valence-corrected chi connectivity index (χ1v) is 41.3. The fourth-order valence-corrected chi connectivity index (χ4v) is 52.2. The Balaban J connectivity index is 1.21. The lowest BCUT2D eigenvalue weighted by atomic mass is 9.80. The predicted octanol–water partition coefficient (Wildman–Crippen LogP) is 3.85. The van der Waals surface area contributed by atoms with Crippen LogP contribution in [0.5, 0.6) is 0 Å². The molecule has 10 aromatic carbocycles. The topological polar surface area (TPSA) is 129 Å². The van der Waals surface area contributed by atoms with Crippen molar-refractivity contribution in [2.75, 3.05) is 0 Å². The average Bonchev–Trinajstić information content (AvgIpc) is 1.07. The molecule has 24 heteroatoms.